The molecule has 3 rings (SSSR count). The lowest BCUT2D eigenvalue weighted by atomic mass is 9.68. The van der Waals surface area contributed by atoms with E-state index in [2.05, 4.69) is 16.3 Å². The molecule has 0 radical (unpaired) electrons. The maximum absolute atomic E-state index is 13.4. The lowest BCUT2D eigenvalue weighted by molar-refractivity contribution is -0.138. The highest BCUT2D eigenvalue weighted by molar-refractivity contribution is 6.30. The van der Waals surface area contributed by atoms with Crippen LogP contribution in [-0.2, 0) is 10.2 Å². The topological polar surface area (TPSA) is 32.3 Å². The number of halogens is 2. The fourth-order valence-corrected chi connectivity index (χ4v) is 4.53. The molecular formula is C19H28Cl2N2O. The van der Waals surface area contributed by atoms with Crippen molar-refractivity contribution in [2.45, 2.75) is 43.9 Å². The summed E-state index contributed by atoms with van der Waals surface area (Å²) in [5, 5.41) is 3.97. The third kappa shape index (κ3) is 3.89. The summed E-state index contributed by atoms with van der Waals surface area (Å²) in [6, 6.07) is 7.97. The van der Waals surface area contributed by atoms with Gasteiger partial charge in [0.25, 0.3) is 0 Å². The zero-order valence-electron chi connectivity index (χ0n) is 14.4. The number of rotatable bonds is 4. The molecule has 3 nitrogen and oxygen atoms in total. The summed E-state index contributed by atoms with van der Waals surface area (Å²) in [5.74, 6) is 0.919. The van der Waals surface area contributed by atoms with E-state index >= 15 is 0 Å². The average molecular weight is 371 g/mol. The van der Waals surface area contributed by atoms with Crippen LogP contribution in [0, 0.1) is 5.92 Å². The van der Waals surface area contributed by atoms with Gasteiger partial charge in [0.2, 0.25) is 5.91 Å². The van der Waals surface area contributed by atoms with E-state index in [0.717, 1.165) is 62.3 Å². The van der Waals surface area contributed by atoms with Crippen molar-refractivity contribution < 1.29 is 4.79 Å². The van der Waals surface area contributed by atoms with Gasteiger partial charge in [-0.15, -0.1) is 12.4 Å². The summed E-state index contributed by atoms with van der Waals surface area (Å²) in [7, 11) is 1.99. The van der Waals surface area contributed by atoms with Gasteiger partial charge in [-0.1, -0.05) is 43.0 Å². The Morgan fingerprint density at radius 2 is 2.08 bits per heavy atom. The third-order valence-corrected chi connectivity index (χ3v) is 5.79. The smallest absolute Gasteiger partial charge is 0.233 e. The Bertz CT molecular complexity index is 558. The maximum atomic E-state index is 13.4. The third-order valence-electron chi connectivity index (χ3n) is 5.56. The fourth-order valence-electron chi connectivity index (χ4n) is 4.34. The van der Waals surface area contributed by atoms with Crippen molar-refractivity contribution in [2.24, 2.45) is 5.92 Å². The molecule has 1 aliphatic heterocycles. The van der Waals surface area contributed by atoms with Crippen LogP contribution in [0.5, 0.6) is 0 Å². The second-order valence-electron chi connectivity index (χ2n) is 7.12. The Morgan fingerprint density at radius 3 is 2.75 bits per heavy atom. The molecule has 1 saturated carbocycles. The fraction of sp³-hybridized carbons (Fsp3) is 0.632. The first-order valence-electron chi connectivity index (χ1n) is 8.86. The zero-order valence-corrected chi connectivity index (χ0v) is 16.0. The summed E-state index contributed by atoms with van der Waals surface area (Å²) in [6.45, 7) is 2.78. The lowest BCUT2D eigenvalue weighted by Crippen LogP contribution is -2.47. The van der Waals surface area contributed by atoms with Gasteiger partial charge >= 0.3 is 0 Å². The number of carbonyl (C=O) groups excluding carboxylic acids is 1. The van der Waals surface area contributed by atoms with E-state index in [1.54, 1.807) is 0 Å². The molecule has 5 heteroatoms. The summed E-state index contributed by atoms with van der Waals surface area (Å²) in [6.07, 6.45) is 6.52. The highest BCUT2D eigenvalue weighted by Gasteiger charge is 2.44. The van der Waals surface area contributed by atoms with Gasteiger partial charge in [-0.25, -0.2) is 0 Å². The summed E-state index contributed by atoms with van der Waals surface area (Å²) < 4.78 is 0. The Kier molecular flexibility index (Phi) is 6.97. The average Bonchev–Trinajstić information content (AvgIpc) is 3.04. The molecule has 2 aliphatic rings. The number of carbonyl (C=O) groups is 1. The molecule has 1 aliphatic carbocycles. The van der Waals surface area contributed by atoms with Gasteiger partial charge in [-0.05, 0) is 56.5 Å². The van der Waals surface area contributed by atoms with Gasteiger partial charge in [0.05, 0.1) is 5.41 Å². The van der Waals surface area contributed by atoms with Crippen LogP contribution >= 0.6 is 24.0 Å². The van der Waals surface area contributed by atoms with Gasteiger partial charge < -0.3 is 10.2 Å². The number of amides is 1. The van der Waals surface area contributed by atoms with E-state index in [1.165, 1.54) is 6.42 Å². The minimum absolute atomic E-state index is 0. The molecule has 1 N–H and O–H groups in total. The number of hydrogen-bond acceptors (Lipinski definition) is 2. The number of nitrogens with one attached hydrogen (secondary N) is 1. The van der Waals surface area contributed by atoms with E-state index in [4.69, 9.17) is 11.6 Å². The van der Waals surface area contributed by atoms with Crippen LogP contribution in [0.2, 0.25) is 5.02 Å². The zero-order chi connectivity index (χ0) is 16.3. The second kappa shape index (κ2) is 8.55. The molecule has 0 bridgehead atoms. The van der Waals surface area contributed by atoms with Gasteiger partial charge in [-0.3, -0.25) is 4.79 Å². The molecule has 134 valence electrons. The first-order chi connectivity index (χ1) is 11.2. The highest BCUT2D eigenvalue weighted by Crippen LogP contribution is 2.42. The van der Waals surface area contributed by atoms with Crippen LogP contribution in [0.4, 0.5) is 0 Å². The van der Waals surface area contributed by atoms with E-state index in [0.29, 0.717) is 11.8 Å². The van der Waals surface area contributed by atoms with Gasteiger partial charge in [-0.2, -0.15) is 0 Å². The van der Waals surface area contributed by atoms with Crippen LogP contribution in [0.3, 0.4) is 0 Å². The Morgan fingerprint density at radius 1 is 1.33 bits per heavy atom. The number of likely N-dealkylation sites (tertiary alicyclic amines) is 1. The molecule has 24 heavy (non-hydrogen) atoms. The minimum atomic E-state index is -0.350. The van der Waals surface area contributed by atoms with Crippen LogP contribution in [0.15, 0.2) is 24.3 Å². The SMILES string of the molecule is CNCC1CCN(C(=O)C2(c3cccc(Cl)c3)CCCCC2)C1.Cl. The largest absolute Gasteiger partial charge is 0.342 e. The van der Waals surface area contributed by atoms with Crippen molar-refractivity contribution in [1.82, 2.24) is 10.2 Å². The molecule has 1 aromatic carbocycles. The Hall–Kier alpha value is -0.770. The van der Waals surface area contributed by atoms with Crippen LogP contribution in [-0.4, -0.2) is 37.5 Å². The van der Waals surface area contributed by atoms with Crippen molar-refractivity contribution >= 4 is 29.9 Å². The molecule has 1 atom stereocenters. The standard InChI is InChI=1S/C19H27ClN2O.ClH/c1-21-13-15-8-11-22(14-15)18(23)19(9-3-2-4-10-19)16-6-5-7-17(20)12-16;/h5-7,12,15,21H,2-4,8-11,13-14H2,1H3;1H. The summed E-state index contributed by atoms with van der Waals surface area (Å²) in [4.78, 5) is 15.6. The van der Waals surface area contributed by atoms with Crippen molar-refractivity contribution in [2.75, 3.05) is 26.7 Å². The van der Waals surface area contributed by atoms with E-state index in [1.807, 2.05) is 25.2 Å². The molecule has 1 saturated heterocycles. The highest BCUT2D eigenvalue weighted by atomic mass is 35.5. The summed E-state index contributed by atoms with van der Waals surface area (Å²) in [5.41, 5.74) is 0.768. The molecule has 0 spiro atoms. The quantitative estimate of drug-likeness (QED) is 0.867. The Labute approximate surface area is 156 Å². The molecule has 1 unspecified atom stereocenters. The maximum Gasteiger partial charge on any atom is 0.233 e. The summed E-state index contributed by atoms with van der Waals surface area (Å²) >= 11 is 6.22. The molecule has 2 fully saturated rings. The minimum Gasteiger partial charge on any atom is -0.342 e. The van der Waals surface area contributed by atoms with Gasteiger partial charge in [0.15, 0.2) is 0 Å². The number of benzene rings is 1. The van der Waals surface area contributed by atoms with Crippen LogP contribution in [0.1, 0.15) is 44.1 Å². The predicted molar refractivity (Wildman–Crippen MR) is 102 cm³/mol. The number of nitrogens with zero attached hydrogens (tertiary/aromatic N) is 1. The van der Waals surface area contributed by atoms with Crippen molar-refractivity contribution in [1.29, 1.82) is 0 Å². The molecule has 1 aromatic rings. The predicted octanol–water partition coefficient (Wildman–Crippen LogP) is 4.03. The van der Waals surface area contributed by atoms with Crippen LogP contribution in [0.25, 0.3) is 0 Å². The monoisotopic (exact) mass is 370 g/mol. The van der Waals surface area contributed by atoms with Gasteiger partial charge in [0.1, 0.15) is 0 Å². The van der Waals surface area contributed by atoms with E-state index < -0.39 is 0 Å². The molecule has 1 amide bonds. The first-order valence-corrected chi connectivity index (χ1v) is 9.23. The second-order valence-corrected chi connectivity index (χ2v) is 7.55. The van der Waals surface area contributed by atoms with E-state index in [-0.39, 0.29) is 17.8 Å². The van der Waals surface area contributed by atoms with Crippen molar-refractivity contribution in [3.8, 4) is 0 Å². The first kappa shape index (κ1) is 19.6. The number of hydrogen-bond donors (Lipinski definition) is 1. The van der Waals surface area contributed by atoms with Crippen molar-refractivity contribution in [3.05, 3.63) is 34.9 Å². The van der Waals surface area contributed by atoms with Crippen molar-refractivity contribution in [3.63, 3.8) is 0 Å². The Balaban J connectivity index is 0.00000208. The molecule has 1 heterocycles. The normalized spacial score (nSPS) is 22.9. The van der Waals surface area contributed by atoms with Crippen LogP contribution < -0.4 is 5.32 Å². The van der Waals surface area contributed by atoms with Gasteiger partial charge in [0, 0.05) is 18.1 Å². The van der Waals surface area contributed by atoms with E-state index in [9.17, 15) is 4.79 Å². The molecular weight excluding hydrogens is 343 g/mol. The lowest BCUT2D eigenvalue weighted by Gasteiger charge is -2.39. The molecule has 0 aromatic heterocycles.